The van der Waals surface area contributed by atoms with Crippen molar-refractivity contribution in [1.82, 2.24) is 4.90 Å². The maximum atomic E-state index is 10.9. The number of phenolic OH excluding ortho intramolecular Hbond substituents is 1. The van der Waals surface area contributed by atoms with Crippen LogP contribution in [0.4, 0.5) is 0 Å². The predicted molar refractivity (Wildman–Crippen MR) is 72.5 cm³/mol. The molecule has 0 bridgehead atoms. The molecule has 0 spiro atoms. The highest BCUT2D eigenvalue weighted by molar-refractivity contribution is 9.10. The van der Waals surface area contributed by atoms with Gasteiger partial charge in [-0.05, 0) is 40.2 Å². The van der Waals surface area contributed by atoms with Gasteiger partial charge in [-0.3, -0.25) is 9.69 Å². The van der Waals surface area contributed by atoms with Gasteiger partial charge < -0.3 is 15.6 Å². The van der Waals surface area contributed by atoms with E-state index in [4.69, 9.17) is 10.5 Å². The first kappa shape index (κ1) is 14.8. The van der Waals surface area contributed by atoms with Gasteiger partial charge in [-0.1, -0.05) is 6.92 Å². The molecule has 0 aromatic heterocycles. The van der Waals surface area contributed by atoms with Gasteiger partial charge in [-0.25, -0.2) is 0 Å². The lowest BCUT2D eigenvalue weighted by molar-refractivity contribution is -0.119. The number of aromatic hydroxyl groups is 1. The van der Waals surface area contributed by atoms with Crippen LogP contribution in [0.15, 0.2) is 16.6 Å². The molecule has 1 aromatic rings. The molecule has 6 heteroatoms. The third-order valence-electron chi connectivity index (χ3n) is 2.54. The highest BCUT2D eigenvalue weighted by atomic mass is 79.9. The third kappa shape index (κ3) is 3.89. The normalized spacial score (nSPS) is 10.7. The van der Waals surface area contributed by atoms with Crippen LogP contribution in [0, 0.1) is 0 Å². The molecule has 0 saturated heterocycles. The number of halogens is 1. The van der Waals surface area contributed by atoms with Crippen LogP contribution in [0.1, 0.15) is 12.5 Å². The number of primary amides is 1. The monoisotopic (exact) mass is 316 g/mol. The average molecular weight is 317 g/mol. The van der Waals surface area contributed by atoms with Crippen LogP contribution in [0.3, 0.4) is 0 Å². The Labute approximate surface area is 115 Å². The quantitative estimate of drug-likeness (QED) is 0.833. The first-order valence-corrected chi connectivity index (χ1v) is 6.33. The molecule has 0 saturated carbocycles. The van der Waals surface area contributed by atoms with Gasteiger partial charge in [0.05, 0.1) is 18.1 Å². The van der Waals surface area contributed by atoms with E-state index in [-0.39, 0.29) is 18.2 Å². The minimum Gasteiger partial charge on any atom is -0.503 e. The third-order valence-corrected chi connectivity index (χ3v) is 3.15. The summed E-state index contributed by atoms with van der Waals surface area (Å²) in [7, 11) is 1.49. The van der Waals surface area contributed by atoms with Crippen molar-refractivity contribution in [3.05, 3.63) is 22.2 Å². The summed E-state index contributed by atoms with van der Waals surface area (Å²) in [5.74, 6) is 0.107. The number of nitrogens with two attached hydrogens (primary N) is 1. The Kier molecular flexibility index (Phi) is 5.43. The van der Waals surface area contributed by atoms with Crippen LogP contribution in [0.5, 0.6) is 11.5 Å². The molecular weight excluding hydrogens is 300 g/mol. The Hall–Kier alpha value is -1.27. The van der Waals surface area contributed by atoms with Crippen molar-refractivity contribution in [2.24, 2.45) is 5.73 Å². The molecule has 5 nitrogen and oxygen atoms in total. The number of phenols is 1. The van der Waals surface area contributed by atoms with Crippen molar-refractivity contribution in [3.63, 3.8) is 0 Å². The van der Waals surface area contributed by atoms with Crippen molar-refractivity contribution in [2.75, 3.05) is 20.2 Å². The van der Waals surface area contributed by atoms with Gasteiger partial charge in [0.15, 0.2) is 11.5 Å². The summed E-state index contributed by atoms with van der Waals surface area (Å²) in [6.07, 6.45) is 0. The molecule has 18 heavy (non-hydrogen) atoms. The first-order chi connectivity index (χ1) is 8.47. The Morgan fingerprint density at radius 1 is 1.56 bits per heavy atom. The molecule has 100 valence electrons. The van der Waals surface area contributed by atoms with E-state index >= 15 is 0 Å². The smallest absolute Gasteiger partial charge is 0.231 e. The summed E-state index contributed by atoms with van der Waals surface area (Å²) in [5.41, 5.74) is 6.11. The van der Waals surface area contributed by atoms with E-state index in [0.29, 0.717) is 23.3 Å². The van der Waals surface area contributed by atoms with Crippen molar-refractivity contribution in [3.8, 4) is 11.5 Å². The van der Waals surface area contributed by atoms with E-state index in [0.717, 1.165) is 5.56 Å². The number of rotatable bonds is 6. The topological polar surface area (TPSA) is 75.8 Å². The van der Waals surface area contributed by atoms with Crippen LogP contribution >= 0.6 is 15.9 Å². The van der Waals surface area contributed by atoms with Gasteiger partial charge in [0.25, 0.3) is 0 Å². The largest absolute Gasteiger partial charge is 0.503 e. The first-order valence-electron chi connectivity index (χ1n) is 5.54. The molecule has 0 atom stereocenters. The molecule has 0 radical (unpaired) electrons. The summed E-state index contributed by atoms with van der Waals surface area (Å²) in [6.45, 7) is 3.44. The lowest BCUT2D eigenvalue weighted by atomic mass is 10.2. The minimum absolute atomic E-state index is 0.0687. The fourth-order valence-corrected chi connectivity index (χ4v) is 2.12. The standard InChI is InChI=1S/C12H17BrN2O3/c1-3-15(7-11(14)16)6-8-4-9(13)12(17)10(5-8)18-2/h4-5,17H,3,6-7H2,1-2H3,(H2,14,16). The summed E-state index contributed by atoms with van der Waals surface area (Å²) < 4.78 is 5.63. The van der Waals surface area contributed by atoms with Crippen molar-refractivity contribution in [2.45, 2.75) is 13.5 Å². The van der Waals surface area contributed by atoms with Gasteiger partial charge in [0, 0.05) is 6.54 Å². The summed E-state index contributed by atoms with van der Waals surface area (Å²) >= 11 is 3.26. The Balaban J connectivity index is 2.89. The van der Waals surface area contributed by atoms with E-state index in [1.807, 2.05) is 11.8 Å². The van der Waals surface area contributed by atoms with E-state index in [1.165, 1.54) is 7.11 Å². The predicted octanol–water partition coefficient (Wildman–Crippen LogP) is 1.47. The van der Waals surface area contributed by atoms with Crippen molar-refractivity contribution < 1.29 is 14.6 Å². The second-order valence-corrected chi connectivity index (χ2v) is 4.75. The molecule has 0 heterocycles. The molecule has 0 unspecified atom stereocenters. The molecule has 0 aliphatic rings. The summed E-state index contributed by atoms with van der Waals surface area (Å²) in [4.78, 5) is 12.8. The second-order valence-electron chi connectivity index (χ2n) is 3.90. The minimum atomic E-state index is -0.360. The highest BCUT2D eigenvalue weighted by Crippen LogP contribution is 2.35. The van der Waals surface area contributed by atoms with Gasteiger partial charge in [0.1, 0.15) is 0 Å². The van der Waals surface area contributed by atoms with E-state index in [2.05, 4.69) is 15.9 Å². The number of ether oxygens (including phenoxy) is 1. The van der Waals surface area contributed by atoms with Crippen LogP contribution in [-0.4, -0.2) is 36.1 Å². The molecular formula is C12H17BrN2O3. The SMILES string of the molecule is CCN(CC(N)=O)Cc1cc(Br)c(O)c(OC)c1. The second kappa shape index (κ2) is 6.61. The molecule has 0 fully saturated rings. The molecule has 3 N–H and O–H groups in total. The lowest BCUT2D eigenvalue weighted by Crippen LogP contribution is -2.33. The number of hydrogen-bond acceptors (Lipinski definition) is 4. The highest BCUT2D eigenvalue weighted by Gasteiger charge is 2.12. The molecule has 1 aromatic carbocycles. The Bertz CT molecular complexity index is 438. The van der Waals surface area contributed by atoms with Crippen molar-refractivity contribution >= 4 is 21.8 Å². The molecule has 0 aliphatic heterocycles. The van der Waals surface area contributed by atoms with Gasteiger partial charge in [-0.2, -0.15) is 0 Å². The summed E-state index contributed by atoms with van der Waals surface area (Å²) in [6, 6.07) is 3.53. The van der Waals surface area contributed by atoms with Crippen LogP contribution < -0.4 is 10.5 Å². The number of benzene rings is 1. The zero-order valence-corrected chi connectivity index (χ0v) is 12.0. The number of hydrogen-bond donors (Lipinski definition) is 2. The van der Waals surface area contributed by atoms with Crippen molar-refractivity contribution in [1.29, 1.82) is 0 Å². The van der Waals surface area contributed by atoms with Crippen LogP contribution in [0.25, 0.3) is 0 Å². The lowest BCUT2D eigenvalue weighted by Gasteiger charge is -2.19. The number of likely N-dealkylation sites (N-methyl/N-ethyl adjacent to an activating group) is 1. The number of methoxy groups -OCH3 is 1. The van der Waals surface area contributed by atoms with Gasteiger partial charge in [0.2, 0.25) is 5.91 Å². The van der Waals surface area contributed by atoms with E-state index in [1.54, 1.807) is 12.1 Å². The maximum Gasteiger partial charge on any atom is 0.231 e. The maximum absolute atomic E-state index is 10.9. The Morgan fingerprint density at radius 3 is 2.72 bits per heavy atom. The number of carbonyl (C=O) groups is 1. The van der Waals surface area contributed by atoms with Crippen LogP contribution in [-0.2, 0) is 11.3 Å². The fourth-order valence-electron chi connectivity index (χ4n) is 1.63. The van der Waals surface area contributed by atoms with E-state index < -0.39 is 0 Å². The fraction of sp³-hybridized carbons (Fsp3) is 0.417. The van der Waals surface area contributed by atoms with E-state index in [9.17, 15) is 9.90 Å². The van der Waals surface area contributed by atoms with Gasteiger partial charge in [-0.15, -0.1) is 0 Å². The molecule has 1 rings (SSSR count). The zero-order valence-electron chi connectivity index (χ0n) is 10.4. The summed E-state index contributed by atoms with van der Waals surface area (Å²) in [5, 5.41) is 9.70. The molecule has 1 amide bonds. The Morgan fingerprint density at radius 2 is 2.22 bits per heavy atom. The zero-order chi connectivity index (χ0) is 13.7. The number of carbonyl (C=O) groups excluding carboxylic acids is 1. The van der Waals surface area contributed by atoms with Crippen LogP contribution in [0.2, 0.25) is 0 Å². The number of amides is 1. The molecule has 0 aliphatic carbocycles. The number of nitrogens with zero attached hydrogens (tertiary/aromatic N) is 1. The average Bonchev–Trinajstić information content (AvgIpc) is 2.32. The van der Waals surface area contributed by atoms with Gasteiger partial charge >= 0.3 is 0 Å².